The van der Waals surface area contributed by atoms with Gasteiger partial charge in [0.05, 0.1) is 36.5 Å². The van der Waals surface area contributed by atoms with Gasteiger partial charge < -0.3 is 14.4 Å². The van der Waals surface area contributed by atoms with Gasteiger partial charge in [-0.3, -0.25) is 4.79 Å². The van der Waals surface area contributed by atoms with Crippen molar-refractivity contribution in [2.75, 3.05) is 12.0 Å². The number of ether oxygens (including phenoxy) is 2. The fourth-order valence-corrected chi connectivity index (χ4v) is 6.28. The number of halogens is 1. The topological polar surface area (TPSA) is 103 Å². The number of anilines is 1. The first-order valence-electron chi connectivity index (χ1n) is 13.1. The van der Waals surface area contributed by atoms with Gasteiger partial charge in [0.25, 0.3) is 0 Å². The van der Waals surface area contributed by atoms with E-state index < -0.39 is 34.2 Å². The molecule has 2 atom stereocenters. The number of methoxy groups -OCH3 is 1. The molecule has 0 saturated heterocycles. The van der Waals surface area contributed by atoms with Gasteiger partial charge in [-0.05, 0) is 61.7 Å². The van der Waals surface area contributed by atoms with Crippen molar-refractivity contribution in [3.05, 3.63) is 106 Å². The van der Waals surface area contributed by atoms with E-state index in [9.17, 15) is 20.1 Å². The number of carbonyl (C=O) groups excluding carboxylic acids is 2. The number of esters is 1. The second-order valence-electron chi connectivity index (χ2n) is 11.2. The summed E-state index contributed by atoms with van der Waals surface area (Å²) in [5.74, 6) is -1.52. The van der Waals surface area contributed by atoms with Crippen molar-refractivity contribution in [1.29, 1.82) is 10.5 Å². The van der Waals surface area contributed by atoms with E-state index in [1.165, 1.54) is 11.0 Å². The fraction of sp³-hybridized carbons (Fsp3) is 0.273. The van der Waals surface area contributed by atoms with E-state index in [1.807, 2.05) is 18.2 Å². The molecule has 1 aliphatic carbocycles. The van der Waals surface area contributed by atoms with Crippen molar-refractivity contribution in [1.82, 2.24) is 0 Å². The monoisotopic (exact) mass is 565 g/mol. The molecule has 0 aromatic heterocycles. The Labute approximate surface area is 244 Å². The summed E-state index contributed by atoms with van der Waals surface area (Å²) in [6, 6.07) is 25.6. The highest BCUT2D eigenvalue weighted by molar-refractivity contribution is 6.35. The number of nitriles is 2. The van der Waals surface area contributed by atoms with E-state index in [4.69, 9.17) is 21.1 Å². The van der Waals surface area contributed by atoms with E-state index >= 15 is 0 Å². The minimum absolute atomic E-state index is 0.0831. The average molecular weight is 566 g/mol. The van der Waals surface area contributed by atoms with Crippen molar-refractivity contribution in [2.24, 2.45) is 5.41 Å². The Hall–Kier alpha value is -4.59. The van der Waals surface area contributed by atoms with Crippen LogP contribution in [0.4, 0.5) is 5.69 Å². The summed E-state index contributed by atoms with van der Waals surface area (Å²) in [5.41, 5.74) is -2.40. The van der Waals surface area contributed by atoms with E-state index in [0.717, 1.165) is 5.56 Å². The molecule has 2 aliphatic rings. The molecule has 1 spiro atoms. The molecule has 41 heavy (non-hydrogen) atoms. The van der Waals surface area contributed by atoms with Crippen LogP contribution in [0.3, 0.4) is 0 Å². The lowest BCUT2D eigenvalue weighted by Gasteiger charge is -2.38. The summed E-state index contributed by atoms with van der Waals surface area (Å²) in [5, 5.41) is 21.7. The standard InChI is InChI=1S/C33H28ClN3O4/c1-31(2,3)41-29(38)24-17-32(19-35,20-36)33(27(24)22-9-6-5-7-10-22)25-11-8-12-26(34)28(25)37(30(33)39)18-21-13-15-23(40-4)16-14-21/h5-17,27H,18H2,1-4H3/t27-,33+/m1/s1. The van der Waals surface area contributed by atoms with Gasteiger partial charge in [0.1, 0.15) is 16.8 Å². The van der Waals surface area contributed by atoms with Gasteiger partial charge >= 0.3 is 5.97 Å². The van der Waals surface area contributed by atoms with E-state index in [2.05, 4.69) is 12.1 Å². The minimum Gasteiger partial charge on any atom is -0.497 e. The molecule has 206 valence electrons. The van der Waals surface area contributed by atoms with E-state index in [0.29, 0.717) is 27.6 Å². The van der Waals surface area contributed by atoms with Crippen molar-refractivity contribution in [3.63, 3.8) is 0 Å². The fourth-order valence-electron chi connectivity index (χ4n) is 6.01. The molecular formula is C33H28ClN3O4. The lowest BCUT2D eigenvalue weighted by atomic mass is 9.57. The van der Waals surface area contributed by atoms with Gasteiger partial charge in [0.2, 0.25) is 5.91 Å². The average Bonchev–Trinajstić information content (AvgIpc) is 3.40. The van der Waals surface area contributed by atoms with E-state index in [1.54, 1.807) is 82.5 Å². The largest absolute Gasteiger partial charge is 0.497 e. The highest BCUT2D eigenvalue weighted by atomic mass is 35.5. The van der Waals surface area contributed by atoms with Gasteiger partial charge in [0.15, 0.2) is 5.41 Å². The summed E-state index contributed by atoms with van der Waals surface area (Å²) in [4.78, 5) is 30.3. The molecule has 7 nitrogen and oxygen atoms in total. The summed E-state index contributed by atoms with van der Waals surface area (Å²) in [6.45, 7) is 5.34. The van der Waals surface area contributed by atoms with Gasteiger partial charge in [-0.2, -0.15) is 10.5 Å². The Balaban J connectivity index is 1.79. The molecule has 1 heterocycles. The first-order valence-corrected chi connectivity index (χ1v) is 13.5. The first-order chi connectivity index (χ1) is 19.5. The van der Waals surface area contributed by atoms with Crippen LogP contribution in [0.2, 0.25) is 5.02 Å². The van der Waals surface area contributed by atoms with Crippen LogP contribution >= 0.6 is 11.6 Å². The molecule has 8 heteroatoms. The van der Waals surface area contributed by atoms with Crippen LogP contribution in [-0.2, 0) is 26.3 Å². The third kappa shape index (κ3) is 4.25. The minimum atomic E-state index is -2.04. The molecule has 1 aliphatic heterocycles. The van der Waals surface area contributed by atoms with Crippen LogP contribution < -0.4 is 9.64 Å². The zero-order chi connectivity index (χ0) is 29.6. The number of carbonyl (C=O) groups is 2. The maximum atomic E-state index is 15.0. The molecule has 0 fully saturated rings. The van der Waals surface area contributed by atoms with Gasteiger partial charge in [-0.25, -0.2) is 4.79 Å². The molecule has 3 aromatic rings. The molecule has 5 rings (SSSR count). The third-order valence-electron chi connectivity index (χ3n) is 7.62. The van der Waals surface area contributed by atoms with Crippen molar-refractivity contribution in [2.45, 2.75) is 44.2 Å². The van der Waals surface area contributed by atoms with Crippen LogP contribution in [0.1, 0.15) is 43.4 Å². The van der Waals surface area contributed by atoms with Crippen LogP contribution in [0.15, 0.2) is 84.4 Å². The number of hydrogen-bond acceptors (Lipinski definition) is 6. The van der Waals surface area contributed by atoms with Crippen LogP contribution in [0.25, 0.3) is 0 Å². The van der Waals surface area contributed by atoms with Crippen LogP contribution in [-0.4, -0.2) is 24.6 Å². The summed E-state index contributed by atoms with van der Waals surface area (Å²) in [6.07, 6.45) is 1.33. The van der Waals surface area contributed by atoms with Crippen molar-refractivity contribution in [3.8, 4) is 17.9 Å². The lowest BCUT2D eigenvalue weighted by molar-refractivity contribution is -0.150. The molecule has 1 amide bonds. The summed E-state index contributed by atoms with van der Waals surface area (Å²) in [7, 11) is 1.57. The smallest absolute Gasteiger partial charge is 0.334 e. The zero-order valence-electron chi connectivity index (χ0n) is 23.1. The zero-order valence-corrected chi connectivity index (χ0v) is 23.9. The maximum absolute atomic E-state index is 15.0. The number of fused-ring (bicyclic) bond motifs is 2. The molecule has 0 N–H and O–H groups in total. The van der Waals surface area contributed by atoms with Gasteiger partial charge in [0, 0.05) is 11.5 Å². The Kier molecular flexibility index (Phi) is 6.89. The van der Waals surface area contributed by atoms with Crippen LogP contribution in [0, 0.1) is 28.1 Å². The quantitative estimate of drug-likeness (QED) is 0.340. The van der Waals surface area contributed by atoms with Gasteiger partial charge in [-0.1, -0.05) is 66.2 Å². The Bertz CT molecular complexity index is 1630. The Morgan fingerprint density at radius 1 is 1.00 bits per heavy atom. The predicted molar refractivity (Wildman–Crippen MR) is 154 cm³/mol. The summed E-state index contributed by atoms with van der Waals surface area (Å²) < 4.78 is 11.0. The molecule has 0 radical (unpaired) electrons. The highest BCUT2D eigenvalue weighted by Gasteiger charge is 2.72. The highest BCUT2D eigenvalue weighted by Crippen LogP contribution is 2.66. The molecular weight excluding hydrogens is 538 g/mol. The van der Waals surface area contributed by atoms with Gasteiger partial charge in [-0.15, -0.1) is 0 Å². The number of para-hydroxylation sites is 1. The van der Waals surface area contributed by atoms with Crippen molar-refractivity contribution < 1.29 is 19.1 Å². The lowest BCUT2D eigenvalue weighted by Crippen LogP contribution is -2.52. The number of benzene rings is 3. The summed E-state index contributed by atoms with van der Waals surface area (Å²) >= 11 is 6.78. The SMILES string of the molecule is COc1ccc(CN2C(=O)[C@]3(c4cccc(Cl)c42)[C@H](c2ccccc2)C(C(=O)OC(C)(C)C)=CC3(C#N)C#N)cc1. The van der Waals surface area contributed by atoms with E-state index in [-0.39, 0.29) is 12.1 Å². The predicted octanol–water partition coefficient (Wildman–Crippen LogP) is 6.23. The Morgan fingerprint density at radius 3 is 2.24 bits per heavy atom. The third-order valence-corrected chi connectivity index (χ3v) is 7.93. The van der Waals surface area contributed by atoms with Crippen molar-refractivity contribution >= 4 is 29.2 Å². The number of rotatable bonds is 5. The number of amides is 1. The Morgan fingerprint density at radius 2 is 1.66 bits per heavy atom. The number of nitrogens with zero attached hydrogens (tertiary/aromatic N) is 3. The molecule has 0 unspecified atom stereocenters. The first kappa shape index (κ1) is 28.0. The number of hydrogen-bond donors (Lipinski definition) is 0. The second-order valence-corrected chi connectivity index (χ2v) is 11.6. The normalized spacial score (nSPS) is 20.7. The maximum Gasteiger partial charge on any atom is 0.334 e. The molecule has 3 aromatic carbocycles. The molecule has 0 saturated carbocycles. The van der Waals surface area contributed by atoms with Crippen LogP contribution in [0.5, 0.6) is 5.75 Å². The number of allylic oxidation sites excluding steroid dienone is 1. The second kappa shape index (κ2) is 10.1. The molecule has 0 bridgehead atoms.